The van der Waals surface area contributed by atoms with Crippen LogP contribution in [0.4, 0.5) is 5.82 Å². The van der Waals surface area contributed by atoms with E-state index in [2.05, 4.69) is 25.9 Å². The van der Waals surface area contributed by atoms with Gasteiger partial charge in [0.25, 0.3) is 0 Å². The molecule has 1 aromatic rings. The Bertz CT molecular complexity index is 478. The summed E-state index contributed by atoms with van der Waals surface area (Å²) >= 11 is 3.03. The number of fused-ring (bicyclic) bond motifs is 1. The largest absolute Gasteiger partial charge is 0.493 e. The second-order valence-corrected chi connectivity index (χ2v) is 4.30. The molecule has 1 amide bonds. The molecule has 2 heterocycles. The van der Waals surface area contributed by atoms with Gasteiger partial charge in [0.15, 0.2) is 0 Å². The number of rotatable bonds is 0. The van der Waals surface area contributed by atoms with Crippen LogP contribution >= 0.6 is 15.9 Å². The number of anilines is 1. The Morgan fingerprint density at radius 2 is 2.33 bits per heavy atom. The zero-order chi connectivity index (χ0) is 12.1. The molecule has 1 aliphatic rings. The van der Waals surface area contributed by atoms with Crippen molar-refractivity contribution < 1.29 is 11.3 Å². The van der Waals surface area contributed by atoms with Crippen LogP contribution in [0.2, 0.25) is 0 Å². The van der Waals surface area contributed by atoms with E-state index in [9.17, 15) is 9.90 Å². The number of aryl methyl sites for hydroxylation is 1. The number of carbonyl (C=O) groups is 1. The number of nitrogens with zero attached hydrogens (tertiary/aromatic N) is 3. The summed E-state index contributed by atoms with van der Waals surface area (Å²) in [5.41, 5.74) is 0.416. The molecule has 0 bridgehead atoms. The van der Waals surface area contributed by atoms with Crippen molar-refractivity contribution in [3.05, 3.63) is 11.4 Å². The molecule has 0 radical (unpaired) electrons. The Morgan fingerprint density at radius 3 is 3.00 bits per heavy atom. The Kier molecular flexibility index (Phi) is 2.09. The molecule has 1 unspecified atom stereocenters. The summed E-state index contributed by atoms with van der Waals surface area (Å²) in [6, 6.07) is 0. The Hall–Kier alpha value is -1.17. The first-order valence-corrected chi connectivity index (χ1v) is 5.16. The quantitative estimate of drug-likeness (QED) is 0.709. The molecule has 0 saturated carbocycles. The fraction of sp³-hybridized carbons (Fsp3) is 0.444. The lowest BCUT2D eigenvalue weighted by Crippen LogP contribution is -2.40. The summed E-state index contributed by atoms with van der Waals surface area (Å²) in [5, 5.41) is 9.68. The molecule has 1 atom stereocenters. The number of aromatic hydroxyl groups is 1. The highest BCUT2D eigenvalue weighted by molar-refractivity contribution is 9.10. The molecular weight excluding hydrogens is 262 g/mol. The van der Waals surface area contributed by atoms with Gasteiger partial charge in [-0.25, -0.2) is 4.98 Å². The number of aromatic nitrogens is 2. The van der Waals surface area contributed by atoms with Gasteiger partial charge in [0.05, 0.1) is 11.7 Å². The number of hydrogen-bond acceptors (Lipinski definition) is 4. The van der Waals surface area contributed by atoms with Crippen LogP contribution in [0.15, 0.2) is 0 Å². The first kappa shape index (κ1) is 9.08. The van der Waals surface area contributed by atoms with E-state index in [0.29, 0.717) is 17.2 Å². The fourth-order valence-electron chi connectivity index (χ4n) is 1.51. The van der Waals surface area contributed by atoms with E-state index in [1.54, 1.807) is 6.92 Å². The van der Waals surface area contributed by atoms with Crippen molar-refractivity contribution in [1.29, 1.82) is 0 Å². The van der Waals surface area contributed by atoms with Gasteiger partial charge in [-0.3, -0.25) is 9.69 Å². The van der Waals surface area contributed by atoms with Gasteiger partial charge in [-0.15, -0.1) is 0 Å². The topological polar surface area (TPSA) is 66.3 Å². The summed E-state index contributed by atoms with van der Waals surface area (Å²) in [5.74, 6) is 0.190. The molecule has 1 aliphatic heterocycles. The molecule has 0 aliphatic carbocycles. The first-order valence-electron chi connectivity index (χ1n) is 4.86. The van der Waals surface area contributed by atoms with E-state index < -0.39 is 10.7 Å². The van der Waals surface area contributed by atoms with Gasteiger partial charge in [-0.2, -0.15) is 4.98 Å². The van der Waals surface area contributed by atoms with E-state index in [4.69, 9.17) is 1.37 Å². The smallest absolute Gasteiger partial charge is 0.242 e. The lowest BCUT2D eigenvalue weighted by Gasteiger charge is -2.27. The third kappa shape index (κ3) is 1.58. The monoisotopic (exact) mass is 272 g/mol. The summed E-state index contributed by atoms with van der Waals surface area (Å²) in [4.78, 5) is 19.5. The highest BCUT2D eigenvalue weighted by Crippen LogP contribution is 2.32. The van der Waals surface area contributed by atoms with Gasteiger partial charge < -0.3 is 5.11 Å². The van der Waals surface area contributed by atoms with Crippen LogP contribution in [-0.4, -0.2) is 32.8 Å². The summed E-state index contributed by atoms with van der Waals surface area (Å²) in [6.45, 7) is 1.63. The standard InChI is InChI=1S/C9H10BrN3O2/c1-4-11-7-5(8(14)12-4)3-6(10)9(15)13(7)2/h6H,3H2,1-2H3,(H,11,12,14)/i6D. The molecule has 5 nitrogen and oxygen atoms in total. The fourth-order valence-corrected chi connectivity index (χ4v) is 2.06. The van der Waals surface area contributed by atoms with Crippen LogP contribution in [0.25, 0.3) is 0 Å². The van der Waals surface area contributed by atoms with Crippen LogP contribution in [-0.2, 0) is 11.2 Å². The third-order valence-electron chi connectivity index (χ3n) is 2.26. The first-order chi connectivity index (χ1) is 7.33. The zero-order valence-corrected chi connectivity index (χ0v) is 9.87. The normalized spacial score (nSPS) is 26.2. The molecule has 0 aromatic carbocycles. The average Bonchev–Trinajstić information content (AvgIpc) is 2.17. The van der Waals surface area contributed by atoms with Gasteiger partial charge in [-0.1, -0.05) is 15.9 Å². The maximum Gasteiger partial charge on any atom is 0.242 e. The highest BCUT2D eigenvalue weighted by atomic mass is 79.9. The molecular formula is C9H10BrN3O2. The van der Waals surface area contributed by atoms with Gasteiger partial charge in [-0.05, 0) is 6.92 Å². The van der Waals surface area contributed by atoms with E-state index in [1.165, 1.54) is 11.9 Å². The van der Waals surface area contributed by atoms with Crippen LogP contribution in [0, 0.1) is 6.92 Å². The van der Waals surface area contributed by atoms with Crippen molar-refractivity contribution in [2.24, 2.45) is 0 Å². The molecule has 80 valence electrons. The summed E-state index contributed by atoms with van der Waals surface area (Å²) < 4.78 is 7.80. The highest BCUT2D eigenvalue weighted by Gasteiger charge is 2.32. The molecule has 15 heavy (non-hydrogen) atoms. The second kappa shape index (κ2) is 3.44. The average molecular weight is 273 g/mol. The molecule has 0 saturated heterocycles. The predicted octanol–water partition coefficient (Wildman–Crippen LogP) is 0.773. The van der Waals surface area contributed by atoms with Gasteiger partial charge >= 0.3 is 0 Å². The predicted molar refractivity (Wildman–Crippen MR) is 58.3 cm³/mol. The number of alkyl halides is 1. The molecule has 2 rings (SSSR count). The van der Waals surface area contributed by atoms with Gasteiger partial charge in [0, 0.05) is 13.5 Å². The molecule has 0 fully saturated rings. The van der Waals surface area contributed by atoms with Crippen molar-refractivity contribution in [1.82, 2.24) is 9.97 Å². The Morgan fingerprint density at radius 1 is 1.67 bits per heavy atom. The van der Waals surface area contributed by atoms with Gasteiger partial charge in [0.1, 0.15) is 11.6 Å². The SMILES string of the molecule is [2H]C1(Br)Cc2c(O)nc(C)nc2N(C)C1=O. The zero-order valence-electron chi connectivity index (χ0n) is 9.28. The maximum atomic E-state index is 11.8. The lowest BCUT2D eigenvalue weighted by atomic mass is 10.1. The van der Waals surface area contributed by atoms with Crippen LogP contribution < -0.4 is 4.90 Å². The minimum absolute atomic E-state index is 0.0532. The van der Waals surface area contributed by atoms with E-state index in [1.807, 2.05) is 0 Å². The van der Waals surface area contributed by atoms with Crippen molar-refractivity contribution in [2.75, 3.05) is 11.9 Å². The van der Waals surface area contributed by atoms with Crippen LogP contribution in [0.1, 0.15) is 12.8 Å². The van der Waals surface area contributed by atoms with E-state index >= 15 is 0 Å². The number of hydrogen-bond donors (Lipinski definition) is 1. The second-order valence-electron chi connectivity index (χ2n) is 3.34. The summed E-state index contributed by atoms with van der Waals surface area (Å²) in [6.07, 6.45) is 0.0532. The Labute approximate surface area is 96.7 Å². The Balaban J connectivity index is 2.64. The number of carbonyl (C=O) groups excluding carboxylic acids is 1. The molecule has 0 spiro atoms. The molecule has 1 N–H and O–H groups in total. The summed E-state index contributed by atoms with van der Waals surface area (Å²) in [7, 11) is 1.52. The minimum Gasteiger partial charge on any atom is -0.493 e. The third-order valence-corrected chi connectivity index (χ3v) is 2.88. The lowest BCUT2D eigenvalue weighted by molar-refractivity contribution is -0.118. The molecule has 6 heteroatoms. The van der Waals surface area contributed by atoms with Crippen molar-refractivity contribution in [3.8, 4) is 5.88 Å². The number of amides is 1. The van der Waals surface area contributed by atoms with Crippen molar-refractivity contribution >= 4 is 27.7 Å². The van der Waals surface area contributed by atoms with Crippen molar-refractivity contribution in [3.63, 3.8) is 0 Å². The van der Waals surface area contributed by atoms with Crippen molar-refractivity contribution in [2.45, 2.75) is 18.1 Å². The van der Waals surface area contributed by atoms with Crippen LogP contribution in [0.5, 0.6) is 5.88 Å². The number of halogens is 1. The van der Waals surface area contributed by atoms with Crippen LogP contribution in [0.3, 0.4) is 0 Å². The maximum absolute atomic E-state index is 11.8. The minimum atomic E-state index is -1.45. The van der Waals surface area contributed by atoms with Gasteiger partial charge in [0.2, 0.25) is 11.8 Å². The van der Waals surface area contributed by atoms with E-state index in [0.717, 1.165) is 0 Å². The van der Waals surface area contributed by atoms with E-state index in [-0.39, 0.29) is 12.3 Å². The molecule has 1 aromatic heterocycles.